The van der Waals surface area contributed by atoms with E-state index in [0.717, 1.165) is 16.7 Å². The second kappa shape index (κ2) is 11.4. The maximum Gasteiger partial charge on any atom is 0.293 e. The van der Waals surface area contributed by atoms with Crippen LogP contribution in [0.1, 0.15) is 11.1 Å². The van der Waals surface area contributed by atoms with Gasteiger partial charge in [-0.1, -0.05) is 36.4 Å². The van der Waals surface area contributed by atoms with E-state index in [-0.39, 0.29) is 29.7 Å². The van der Waals surface area contributed by atoms with Crippen molar-refractivity contribution in [3.63, 3.8) is 0 Å². The van der Waals surface area contributed by atoms with Crippen LogP contribution in [-0.4, -0.2) is 40.6 Å². The second-order valence-electron chi connectivity index (χ2n) is 7.80. The molecule has 0 saturated carbocycles. The summed E-state index contributed by atoms with van der Waals surface area (Å²) in [4.78, 5) is 49.0. The molecule has 11 heteroatoms. The molecule has 1 fully saturated rings. The number of rotatable bonds is 9. The Hall–Kier alpha value is -4.64. The quantitative estimate of drug-likeness (QED) is 0.241. The summed E-state index contributed by atoms with van der Waals surface area (Å²) in [7, 11) is 1.52. The zero-order valence-corrected chi connectivity index (χ0v) is 20.4. The first-order valence-corrected chi connectivity index (χ1v) is 11.8. The maximum atomic E-state index is 12.8. The van der Waals surface area contributed by atoms with Gasteiger partial charge in [0, 0.05) is 12.1 Å². The lowest BCUT2D eigenvalue weighted by atomic mass is 10.2. The number of methoxy groups -OCH3 is 1. The maximum absolute atomic E-state index is 12.8. The van der Waals surface area contributed by atoms with Crippen LogP contribution in [0.3, 0.4) is 0 Å². The van der Waals surface area contributed by atoms with E-state index in [2.05, 4.69) is 5.32 Å². The number of nitro groups is 1. The average Bonchev–Trinajstić information content (AvgIpc) is 3.16. The van der Waals surface area contributed by atoms with Crippen LogP contribution in [0.15, 0.2) is 77.7 Å². The number of carbonyl (C=O) groups is 3. The molecule has 1 heterocycles. The molecule has 3 aromatic carbocycles. The van der Waals surface area contributed by atoms with Gasteiger partial charge in [0.05, 0.1) is 29.2 Å². The van der Waals surface area contributed by atoms with Crippen LogP contribution in [0.25, 0.3) is 6.08 Å². The van der Waals surface area contributed by atoms with Gasteiger partial charge in [-0.2, -0.15) is 0 Å². The molecule has 0 aliphatic carbocycles. The zero-order valence-electron chi connectivity index (χ0n) is 19.6. The number of carbonyl (C=O) groups excluding carboxylic acids is 3. The van der Waals surface area contributed by atoms with Gasteiger partial charge in [-0.05, 0) is 53.2 Å². The molecule has 3 amide bonds. The minimum absolute atomic E-state index is 0.0176. The van der Waals surface area contributed by atoms with Crippen molar-refractivity contribution < 1.29 is 28.8 Å². The van der Waals surface area contributed by atoms with Crippen molar-refractivity contribution in [1.82, 2.24) is 4.90 Å². The molecule has 0 unspecified atom stereocenters. The Kier molecular flexibility index (Phi) is 7.84. The first kappa shape index (κ1) is 25.5. The van der Waals surface area contributed by atoms with Gasteiger partial charge in [0.2, 0.25) is 0 Å². The monoisotopic (exact) mass is 519 g/mol. The summed E-state index contributed by atoms with van der Waals surface area (Å²) in [5.41, 5.74) is 1.75. The van der Waals surface area contributed by atoms with E-state index in [9.17, 15) is 24.5 Å². The van der Waals surface area contributed by atoms with Crippen LogP contribution in [-0.2, 0) is 16.1 Å². The molecule has 10 nitrogen and oxygen atoms in total. The fourth-order valence-electron chi connectivity index (χ4n) is 3.44. The largest absolute Gasteiger partial charge is 0.495 e. The molecule has 1 aliphatic rings. The van der Waals surface area contributed by atoms with E-state index in [4.69, 9.17) is 9.47 Å². The summed E-state index contributed by atoms with van der Waals surface area (Å²) in [5, 5.41) is 13.1. The number of thioether (sulfide) groups is 1. The Morgan fingerprint density at radius 3 is 2.43 bits per heavy atom. The number of para-hydroxylation sites is 2. The van der Waals surface area contributed by atoms with Gasteiger partial charge in [-0.3, -0.25) is 29.4 Å². The molecule has 0 atom stereocenters. The topological polar surface area (TPSA) is 128 Å². The predicted octanol–water partition coefficient (Wildman–Crippen LogP) is 4.86. The normalized spacial score (nSPS) is 14.1. The molecule has 3 aromatic rings. The van der Waals surface area contributed by atoms with Crippen LogP contribution in [0.5, 0.6) is 11.5 Å². The lowest BCUT2D eigenvalue weighted by molar-refractivity contribution is -0.384. The van der Waals surface area contributed by atoms with Crippen molar-refractivity contribution in [2.75, 3.05) is 19.0 Å². The third-order valence-electron chi connectivity index (χ3n) is 5.29. The van der Waals surface area contributed by atoms with Gasteiger partial charge in [0.25, 0.3) is 22.7 Å². The number of ether oxygens (including phenoxy) is 2. The van der Waals surface area contributed by atoms with Gasteiger partial charge in [-0.15, -0.1) is 0 Å². The number of hydrogen-bond donors (Lipinski definition) is 1. The summed E-state index contributed by atoms with van der Waals surface area (Å²) < 4.78 is 10.7. The number of hydrogen-bond acceptors (Lipinski definition) is 8. The van der Waals surface area contributed by atoms with Crippen molar-refractivity contribution in [3.05, 3.63) is 98.9 Å². The number of imide groups is 1. The van der Waals surface area contributed by atoms with E-state index in [0.29, 0.717) is 28.3 Å². The number of nitro benzene ring substituents is 1. The molecule has 1 saturated heterocycles. The SMILES string of the molecule is COc1ccccc1NC(=O)COc1ccc(/C=C2\SC(=O)N(Cc3ccc([N+](=O)[O-])cc3)C2=O)cc1. The number of nitrogens with zero attached hydrogens (tertiary/aromatic N) is 2. The molecule has 1 N–H and O–H groups in total. The number of anilines is 1. The Morgan fingerprint density at radius 1 is 1.05 bits per heavy atom. The molecule has 0 spiro atoms. The smallest absolute Gasteiger partial charge is 0.293 e. The lowest BCUT2D eigenvalue weighted by Crippen LogP contribution is -2.27. The molecular formula is C26H21N3O7S. The highest BCUT2D eigenvalue weighted by Crippen LogP contribution is 2.33. The minimum Gasteiger partial charge on any atom is -0.495 e. The highest BCUT2D eigenvalue weighted by Gasteiger charge is 2.35. The summed E-state index contributed by atoms with van der Waals surface area (Å²) in [6.45, 7) is -0.192. The highest BCUT2D eigenvalue weighted by molar-refractivity contribution is 8.18. The Bertz CT molecular complexity index is 1370. The first-order valence-electron chi connectivity index (χ1n) is 11.0. The zero-order chi connectivity index (χ0) is 26.4. The molecule has 37 heavy (non-hydrogen) atoms. The Balaban J connectivity index is 1.34. The standard InChI is InChI=1S/C26H21N3O7S/c1-35-22-5-3-2-4-21(22)27-24(30)16-36-20-12-8-17(9-13-20)14-23-25(31)28(26(32)37-23)15-18-6-10-19(11-7-18)29(33)34/h2-14H,15-16H2,1H3,(H,27,30)/b23-14-. The van der Waals surface area contributed by atoms with E-state index >= 15 is 0 Å². The van der Waals surface area contributed by atoms with Crippen LogP contribution >= 0.6 is 11.8 Å². The molecule has 0 aromatic heterocycles. The van der Waals surface area contributed by atoms with Crippen molar-refractivity contribution in [3.8, 4) is 11.5 Å². The second-order valence-corrected chi connectivity index (χ2v) is 8.79. The van der Waals surface area contributed by atoms with Gasteiger partial charge >= 0.3 is 0 Å². The fourth-order valence-corrected chi connectivity index (χ4v) is 4.27. The van der Waals surface area contributed by atoms with Crippen molar-refractivity contribution in [2.45, 2.75) is 6.54 Å². The van der Waals surface area contributed by atoms with Gasteiger partial charge < -0.3 is 14.8 Å². The number of amides is 3. The fraction of sp³-hybridized carbons (Fsp3) is 0.115. The predicted molar refractivity (Wildman–Crippen MR) is 138 cm³/mol. The van der Waals surface area contributed by atoms with Crippen LogP contribution in [0.2, 0.25) is 0 Å². The van der Waals surface area contributed by atoms with Crippen LogP contribution < -0.4 is 14.8 Å². The summed E-state index contributed by atoms with van der Waals surface area (Å²) in [6, 6.07) is 19.4. The third-order valence-corrected chi connectivity index (χ3v) is 6.20. The lowest BCUT2D eigenvalue weighted by Gasteiger charge is -2.12. The Labute approximate surface area is 216 Å². The first-order chi connectivity index (χ1) is 17.8. The van der Waals surface area contributed by atoms with Crippen LogP contribution in [0.4, 0.5) is 16.2 Å². The van der Waals surface area contributed by atoms with Gasteiger partial charge in [0.15, 0.2) is 6.61 Å². The number of non-ortho nitro benzene ring substituents is 1. The van der Waals surface area contributed by atoms with E-state index in [1.165, 1.54) is 31.4 Å². The van der Waals surface area contributed by atoms with Crippen LogP contribution in [0, 0.1) is 10.1 Å². The molecular weight excluding hydrogens is 498 g/mol. The van der Waals surface area contributed by atoms with Crippen molar-refractivity contribution in [2.24, 2.45) is 0 Å². The van der Waals surface area contributed by atoms with E-state index in [1.54, 1.807) is 54.6 Å². The van der Waals surface area contributed by atoms with E-state index in [1.807, 2.05) is 0 Å². The Morgan fingerprint density at radius 2 is 1.76 bits per heavy atom. The summed E-state index contributed by atoms with van der Waals surface area (Å²) in [6.07, 6.45) is 1.60. The number of benzene rings is 3. The molecule has 1 aliphatic heterocycles. The average molecular weight is 520 g/mol. The summed E-state index contributed by atoms with van der Waals surface area (Å²) >= 11 is 0.822. The van der Waals surface area contributed by atoms with E-state index < -0.39 is 16.1 Å². The minimum atomic E-state index is -0.514. The molecule has 4 rings (SSSR count). The van der Waals surface area contributed by atoms with Crippen molar-refractivity contribution in [1.29, 1.82) is 0 Å². The molecule has 188 valence electrons. The van der Waals surface area contributed by atoms with Crippen molar-refractivity contribution >= 4 is 46.3 Å². The van der Waals surface area contributed by atoms with Gasteiger partial charge in [-0.25, -0.2) is 0 Å². The highest BCUT2D eigenvalue weighted by atomic mass is 32.2. The van der Waals surface area contributed by atoms with Gasteiger partial charge in [0.1, 0.15) is 11.5 Å². The third kappa shape index (κ3) is 6.33. The molecule has 0 radical (unpaired) electrons. The summed E-state index contributed by atoms with van der Waals surface area (Å²) in [5.74, 6) is 0.202. The number of nitrogens with one attached hydrogen (secondary N) is 1. The molecule has 0 bridgehead atoms.